The first-order chi connectivity index (χ1) is 10.7. The Bertz CT molecular complexity index is 697. The molecule has 0 unspecified atom stereocenters. The molecule has 112 valence electrons. The van der Waals surface area contributed by atoms with Crippen molar-refractivity contribution in [3.63, 3.8) is 0 Å². The van der Waals surface area contributed by atoms with Crippen LogP contribution in [0.5, 0.6) is 5.75 Å². The van der Waals surface area contributed by atoms with E-state index in [4.69, 9.17) is 5.41 Å². The second-order valence-corrected chi connectivity index (χ2v) is 5.12. The van der Waals surface area contributed by atoms with Gasteiger partial charge in [-0.25, -0.2) is 5.01 Å². The summed E-state index contributed by atoms with van der Waals surface area (Å²) in [5.41, 5.74) is 2.67. The summed E-state index contributed by atoms with van der Waals surface area (Å²) in [6.45, 7) is 1.24. The maximum absolute atomic E-state index is 9.88. The molecule has 1 aliphatic rings. The number of nitrogens with one attached hydrogen (secondary N) is 2. The zero-order chi connectivity index (χ0) is 15.4. The SMILES string of the molecule is N=C(NCc1ccccc1)N1CCC(c2ccccc2O)=N1. The van der Waals surface area contributed by atoms with E-state index in [2.05, 4.69) is 10.4 Å². The first-order valence-electron chi connectivity index (χ1n) is 7.24. The van der Waals surface area contributed by atoms with Crippen molar-refractivity contribution in [2.24, 2.45) is 5.10 Å². The van der Waals surface area contributed by atoms with Crippen molar-refractivity contribution in [1.82, 2.24) is 10.3 Å². The largest absolute Gasteiger partial charge is 0.507 e. The first-order valence-corrected chi connectivity index (χ1v) is 7.24. The van der Waals surface area contributed by atoms with Crippen LogP contribution in [0.25, 0.3) is 0 Å². The van der Waals surface area contributed by atoms with Crippen molar-refractivity contribution in [2.75, 3.05) is 6.54 Å². The Morgan fingerprint density at radius 2 is 1.86 bits per heavy atom. The fourth-order valence-corrected chi connectivity index (χ4v) is 2.40. The lowest BCUT2D eigenvalue weighted by Gasteiger charge is -2.16. The minimum Gasteiger partial charge on any atom is -0.507 e. The highest BCUT2D eigenvalue weighted by molar-refractivity contribution is 6.04. The van der Waals surface area contributed by atoms with Gasteiger partial charge in [0.25, 0.3) is 0 Å². The van der Waals surface area contributed by atoms with Crippen LogP contribution < -0.4 is 5.32 Å². The van der Waals surface area contributed by atoms with Crippen molar-refractivity contribution in [3.8, 4) is 5.75 Å². The van der Waals surface area contributed by atoms with E-state index in [0.29, 0.717) is 19.5 Å². The maximum Gasteiger partial charge on any atom is 0.212 e. The Morgan fingerprint density at radius 3 is 2.64 bits per heavy atom. The number of aromatic hydroxyl groups is 1. The van der Waals surface area contributed by atoms with E-state index in [0.717, 1.165) is 16.8 Å². The molecule has 2 aromatic rings. The first kappa shape index (κ1) is 14.1. The van der Waals surface area contributed by atoms with Gasteiger partial charge in [-0.1, -0.05) is 42.5 Å². The second-order valence-electron chi connectivity index (χ2n) is 5.12. The highest BCUT2D eigenvalue weighted by Crippen LogP contribution is 2.21. The van der Waals surface area contributed by atoms with Gasteiger partial charge in [-0.15, -0.1) is 0 Å². The van der Waals surface area contributed by atoms with Gasteiger partial charge in [0.2, 0.25) is 5.96 Å². The predicted molar refractivity (Wildman–Crippen MR) is 87.0 cm³/mol. The Labute approximate surface area is 129 Å². The van der Waals surface area contributed by atoms with Gasteiger partial charge in [0.15, 0.2) is 0 Å². The number of para-hydroxylation sites is 1. The molecule has 5 heteroatoms. The second kappa shape index (κ2) is 6.30. The molecule has 0 bridgehead atoms. The predicted octanol–water partition coefficient (Wildman–Crippen LogP) is 2.53. The molecular weight excluding hydrogens is 276 g/mol. The summed E-state index contributed by atoms with van der Waals surface area (Å²) < 4.78 is 0. The van der Waals surface area contributed by atoms with Crippen LogP contribution in [-0.4, -0.2) is 28.3 Å². The molecule has 3 N–H and O–H groups in total. The van der Waals surface area contributed by atoms with E-state index < -0.39 is 0 Å². The normalized spacial score (nSPS) is 13.8. The number of phenolic OH excluding ortho intramolecular Hbond substituents is 1. The van der Waals surface area contributed by atoms with Gasteiger partial charge in [0, 0.05) is 18.5 Å². The number of hydrazone groups is 1. The lowest BCUT2D eigenvalue weighted by molar-refractivity contribution is 0.464. The number of nitrogens with zero attached hydrogens (tertiary/aromatic N) is 2. The third kappa shape index (κ3) is 3.09. The minimum atomic E-state index is 0.229. The van der Waals surface area contributed by atoms with Crippen LogP contribution in [0.1, 0.15) is 17.5 Å². The quantitative estimate of drug-likeness (QED) is 0.601. The Hall–Kier alpha value is -2.82. The van der Waals surface area contributed by atoms with Crippen molar-refractivity contribution in [2.45, 2.75) is 13.0 Å². The van der Waals surface area contributed by atoms with E-state index in [1.54, 1.807) is 17.1 Å². The zero-order valence-corrected chi connectivity index (χ0v) is 12.2. The van der Waals surface area contributed by atoms with E-state index in [9.17, 15) is 5.11 Å². The summed E-state index contributed by atoms with van der Waals surface area (Å²) in [6, 6.07) is 17.1. The third-order valence-electron chi connectivity index (χ3n) is 3.58. The summed E-state index contributed by atoms with van der Waals surface area (Å²) in [5.74, 6) is 0.501. The number of hydrogen-bond donors (Lipinski definition) is 3. The lowest BCUT2D eigenvalue weighted by atomic mass is 10.1. The fraction of sp³-hybridized carbons (Fsp3) is 0.176. The number of benzene rings is 2. The maximum atomic E-state index is 9.88. The Morgan fingerprint density at radius 1 is 1.14 bits per heavy atom. The molecule has 0 saturated heterocycles. The average molecular weight is 294 g/mol. The van der Waals surface area contributed by atoms with Crippen molar-refractivity contribution in [3.05, 3.63) is 65.7 Å². The highest BCUT2D eigenvalue weighted by atomic mass is 16.3. The molecule has 3 rings (SSSR count). The highest BCUT2D eigenvalue weighted by Gasteiger charge is 2.20. The number of phenols is 1. The molecule has 0 fully saturated rings. The standard InChI is InChI=1S/C17H18N4O/c18-17(19-12-13-6-2-1-3-7-13)21-11-10-15(20-21)14-8-4-5-9-16(14)22/h1-9,22H,10-12H2,(H2,18,19). The Balaban J connectivity index is 1.64. The van der Waals surface area contributed by atoms with Crippen LogP contribution in [0.3, 0.4) is 0 Å². The molecular formula is C17H18N4O. The average Bonchev–Trinajstić information content (AvgIpc) is 3.04. The van der Waals surface area contributed by atoms with Gasteiger partial charge in [0.1, 0.15) is 5.75 Å². The summed E-state index contributed by atoms with van der Waals surface area (Å²) in [4.78, 5) is 0. The topological polar surface area (TPSA) is 71.7 Å². The molecule has 2 aromatic carbocycles. The molecule has 0 saturated carbocycles. The van der Waals surface area contributed by atoms with E-state index in [1.165, 1.54) is 0 Å². The molecule has 0 atom stereocenters. The smallest absolute Gasteiger partial charge is 0.212 e. The molecule has 0 aromatic heterocycles. The molecule has 1 aliphatic heterocycles. The molecule has 1 heterocycles. The lowest BCUT2D eigenvalue weighted by Crippen LogP contribution is -2.35. The van der Waals surface area contributed by atoms with Crippen molar-refractivity contribution >= 4 is 11.7 Å². The Kier molecular flexibility index (Phi) is 4.05. The van der Waals surface area contributed by atoms with Crippen LogP contribution >= 0.6 is 0 Å². The van der Waals surface area contributed by atoms with Crippen molar-refractivity contribution in [1.29, 1.82) is 5.41 Å². The van der Waals surface area contributed by atoms with Crippen LogP contribution in [-0.2, 0) is 6.54 Å². The molecule has 22 heavy (non-hydrogen) atoms. The summed E-state index contributed by atoms with van der Waals surface area (Å²) in [6.07, 6.45) is 0.715. The van der Waals surface area contributed by atoms with Crippen LogP contribution in [0.4, 0.5) is 0 Å². The monoisotopic (exact) mass is 294 g/mol. The summed E-state index contributed by atoms with van der Waals surface area (Å²) in [7, 11) is 0. The molecule has 0 spiro atoms. The van der Waals surface area contributed by atoms with E-state index in [1.807, 2.05) is 42.5 Å². The van der Waals surface area contributed by atoms with Crippen molar-refractivity contribution < 1.29 is 5.11 Å². The molecule has 0 amide bonds. The zero-order valence-electron chi connectivity index (χ0n) is 12.2. The van der Waals surface area contributed by atoms with Crippen LogP contribution in [0.2, 0.25) is 0 Å². The van der Waals surface area contributed by atoms with Crippen LogP contribution in [0.15, 0.2) is 59.7 Å². The van der Waals surface area contributed by atoms with Gasteiger partial charge >= 0.3 is 0 Å². The van der Waals surface area contributed by atoms with Gasteiger partial charge in [-0.05, 0) is 17.7 Å². The van der Waals surface area contributed by atoms with E-state index >= 15 is 0 Å². The minimum absolute atomic E-state index is 0.229. The third-order valence-corrected chi connectivity index (χ3v) is 3.58. The number of hydrogen-bond acceptors (Lipinski definition) is 3. The number of guanidine groups is 1. The van der Waals surface area contributed by atoms with Gasteiger partial charge in [-0.2, -0.15) is 5.10 Å². The molecule has 0 aliphatic carbocycles. The molecule has 0 radical (unpaired) electrons. The number of rotatable bonds is 3. The van der Waals surface area contributed by atoms with E-state index in [-0.39, 0.29) is 11.7 Å². The summed E-state index contributed by atoms with van der Waals surface area (Å²) >= 11 is 0. The van der Waals surface area contributed by atoms with Gasteiger partial charge < -0.3 is 10.4 Å². The molecule has 5 nitrogen and oxygen atoms in total. The van der Waals surface area contributed by atoms with Gasteiger partial charge in [0.05, 0.1) is 12.3 Å². The fourth-order valence-electron chi connectivity index (χ4n) is 2.40. The summed E-state index contributed by atoms with van der Waals surface area (Å²) in [5, 5.41) is 27.1. The van der Waals surface area contributed by atoms with Crippen LogP contribution in [0, 0.1) is 5.41 Å². The van der Waals surface area contributed by atoms with Gasteiger partial charge in [-0.3, -0.25) is 5.41 Å².